The second-order valence-corrected chi connectivity index (χ2v) is 6.89. The molecular formula is C21H22N2O3. The first-order chi connectivity index (χ1) is 12.7. The second kappa shape index (κ2) is 7.20. The van der Waals surface area contributed by atoms with Crippen molar-refractivity contribution in [2.24, 2.45) is 0 Å². The molecule has 1 aromatic heterocycles. The minimum Gasteiger partial charge on any atom is -0.490 e. The number of hydrogen-bond acceptors (Lipinski definition) is 3. The van der Waals surface area contributed by atoms with Gasteiger partial charge in [0.2, 0.25) is 0 Å². The maximum absolute atomic E-state index is 10.9. The number of carboxylic acid groups (broad SMARTS) is 1. The first kappa shape index (κ1) is 16.6. The van der Waals surface area contributed by atoms with E-state index in [2.05, 4.69) is 22.3 Å². The number of rotatable bonds is 6. The monoisotopic (exact) mass is 350 g/mol. The van der Waals surface area contributed by atoms with Crippen LogP contribution < -0.4 is 4.74 Å². The molecule has 134 valence electrons. The summed E-state index contributed by atoms with van der Waals surface area (Å²) < 4.78 is 6.32. The van der Waals surface area contributed by atoms with Crippen LogP contribution in [0.2, 0.25) is 0 Å². The quantitative estimate of drug-likeness (QED) is 0.683. The highest BCUT2D eigenvalue weighted by Gasteiger charge is 2.19. The van der Waals surface area contributed by atoms with Crippen molar-refractivity contribution in [3.05, 3.63) is 48.2 Å². The molecule has 1 aliphatic carbocycles. The van der Waals surface area contributed by atoms with Crippen LogP contribution in [0.5, 0.6) is 5.75 Å². The summed E-state index contributed by atoms with van der Waals surface area (Å²) in [5, 5.41) is 17.2. The van der Waals surface area contributed by atoms with Gasteiger partial charge in [-0.2, -0.15) is 5.10 Å². The van der Waals surface area contributed by atoms with E-state index in [4.69, 9.17) is 9.84 Å². The van der Waals surface area contributed by atoms with E-state index in [0.717, 1.165) is 46.2 Å². The third-order valence-electron chi connectivity index (χ3n) is 5.04. The van der Waals surface area contributed by atoms with Gasteiger partial charge >= 0.3 is 5.97 Å². The number of aromatic nitrogens is 2. The normalized spacial score (nSPS) is 14.8. The zero-order valence-corrected chi connectivity index (χ0v) is 14.6. The fourth-order valence-electron chi connectivity index (χ4n) is 3.69. The predicted molar refractivity (Wildman–Crippen MR) is 100 cm³/mol. The fourth-order valence-corrected chi connectivity index (χ4v) is 3.69. The van der Waals surface area contributed by atoms with Gasteiger partial charge in [0, 0.05) is 17.4 Å². The number of aliphatic carboxylic acids is 1. The smallest absolute Gasteiger partial charge is 0.303 e. The van der Waals surface area contributed by atoms with Gasteiger partial charge in [0.15, 0.2) is 0 Å². The van der Waals surface area contributed by atoms with Gasteiger partial charge in [-0.1, -0.05) is 18.2 Å². The zero-order valence-electron chi connectivity index (χ0n) is 14.6. The highest BCUT2D eigenvalue weighted by molar-refractivity contribution is 5.96. The van der Waals surface area contributed by atoms with Crippen LogP contribution in [0.3, 0.4) is 0 Å². The van der Waals surface area contributed by atoms with E-state index in [9.17, 15) is 4.79 Å². The predicted octanol–water partition coefficient (Wildman–Crippen LogP) is 4.57. The molecule has 1 saturated carbocycles. The molecule has 0 spiro atoms. The van der Waals surface area contributed by atoms with Crippen molar-refractivity contribution >= 4 is 16.9 Å². The fraction of sp³-hybridized carbons (Fsp3) is 0.333. The van der Waals surface area contributed by atoms with Gasteiger partial charge in [-0.05, 0) is 61.4 Å². The average molecular weight is 350 g/mol. The van der Waals surface area contributed by atoms with Crippen LogP contribution in [-0.4, -0.2) is 27.4 Å². The van der Waals surface area contributed by atoms with Gasteiger partial charge < -0.3 is 9.84 Å². The van der Waals surface area contributed by atoms with Crippen LogP contribution in [-0.2, 0) is 11.2 Å². The Balaban J connectivity index is 1.76. The lowest BCUT2D eigenvalue weighted by molar-refractivity contribution is -0.136. The Bertz CT molecular complexity index is 926. The van der Waals surface area contributed by atoms with Gasteiger partial charge in [-0.15, -0.1) is 0 Å². The molecule has 1 heterocycles. The SMILES string of the molecule is O=C(O)CCc1ccc(OC2CCCC2)c(-c2cccc3[nH]ncc23)c1. The summed E-state index contributed by atoms with van der Waals surface area (Å²) in [5.74, 6) is 0.0828. The number of aryl methyl sites for hydroxylation is 1. The van der Waals surface area contributed by atoms with Crippen LogP contribution in [0.4, 0.5) is 0 Å². The number of ether oxygens (including phenoxy) is 1. The van der Waals surface area contributed by atoms with Crippen LogP contribution in [0.15, 0.2) is 42.6 Å². The summed E-state index contributed by atoms with van der Waals surface area (Å²) >= 11 is 0. The van der Waals surface area contributed by atoms with Crippen molar-refractivity contribution in [3.63, 3.8) is 0 Å². The molecule has 0 aliphatic heterocycles. The van der Waals surface area contributed by atoms with Crippen molar-refractivity contribution < 1.29 is 14.6 Å². The third kappa shape index (κ3) is 3.43. The average Bonchev–Trinajstić information content (AvgIpc) is 3.32. The maximum atomic E-state index is 10.9. The van der Waals surface area contributed by atoms with E-state index in [1.165, 1.54) is 12.8 Å². The van der Waals surface area contributed by atoms with Crippen LogP contribution >= 0.6 is 0 Å². The molecule has 0 atom stereocenters. The largest absolute Gasteiger partial charge is 0.490 e. The molecule has 1 fully saturated rings. The molecule has 0 radical (unpaired) electrons. The Kier molecular flexibility index (Phi) is 4.61. The van der Waals surface area contributed by atoms with Crippen LogP contribution in [0.1, 0.15) is 37.7 Å². The Morgan fingerprint density at radius 1 is 1.19 bits per heavy atom. The summed E-state index contributed by atoms with van der Waals surface area (Å²) in [6.07, 6.45) is 7.34. The molecule has 0 unspecified atom stereocenters. The lowest BCUT2D eigenvalue weighted by atomic mass is 9.97. The third-order valence-corrected chi connectivity index (χ3v) is 5.04. The summed E-state index contributed by atoms with van der Waals surface area (Å²) in [4.78, 5) is 10.9. The van der Waals surface area contributed by atoms with E-state index in [1.54, 1.807) is 0 Å². The van der Waals surface area contributed by atoms with Gasteiger partial charge in [0.1, 0.15) is 5.75 Å². The van der Waals surface area contributed by atoms with Crippen molar-refractivity contribution in [2.75, 3.05) is 0 Å². The van der Waals surface area contributed by atoms with E-state index in [0.29, 0.717) is 6.42 Å². The highest BCUT2D eigenvalue weighted by Crippen LogP contribution is 2.37. The van der Waals surface area contributed by atoms with E-state index in [-0.39, 0.29) is 12.5 Å². The Hall–Kier alpha value is -2.82. The number of nitrogens with one attached hydrogen (secondary N) is 1. The Morgan fingerprint density at radius 2 is 2.04 bits per heavy atom. The number of carbonyl (C=O) groups is 1. The zero-order chi connectivity index (χ0) is 17.9. The molecule has 5 nitrogen and oxygen atoms in total. The summed E-state index contributed by atoms with van der Waals surface area (Å²) in [5.41, 5.74) is 4.04. The van der Waals surface area contributed by atoms with Crippen LogP contribution in [0.25, 0.3) is 22.0 Å². The lowest BCUT2D eigenvalue weighted by Gasteiger charge is -2.18. The summed E-state index contributed by atoms with van der Waals surface area (Å²) in [6, 6.07) is 12.1. The topological polar surface area (TPSA) is 75.2 Å². The van der Waals surface area contributed by atoms with Gasteiger partial charge in [0.25, 0.3) is 0 Å². The summed E-state index contributed by atoms with van der Waals surface area (Å²) in [6.45, 7) is 0. The van der Waals surface area contributed by atoms with Gasteiger partial charge in [-0.25, -0.2) is 0 Å². The molecular weight excluding hydrogens is 328 g/mol. The number of carboxylic acids is 1. The minimum atomic E-state index is -0.783. The number of benzene rings is 2. The number of hydrogen-bond donors (Lipinski definition) is 2. The van der Waals surface area contributed by atoms with E-state index >= 15 is 0 Å². The summed E-state index contributed by atoms with van der Waals surface area (Å²) in [7, 11) is 0. The van der Waals surface area contributed by atoms with Crippen LogP contribution in [0, 0.1) is 0 Å². The standard InChI is InChI=1S/C21H22N2O3/c24-21(25)11-9-14-8-10-20(26-15-4-1-2-5-15)17(12-14)16-6-3-7-19-18(16)13-22-23-19/h3,6-8,10,12-13,15H,1-2,4-5,9,11H2,(H,22,23)(H,24,25). The second-order valence-electron chi connectivity index (χ2n) is 6.89. The molecule has 26 heavy (non-hydrogen) atoms. The molecule has 0 bridgehead atoms. The number of nitrogens with zero attached hydrogens (tertiary/aromatic N) is 1. The van der Waals surface area contributed by atoms with E-state index < -0.39 is 5.97 Å². The highest BCUT2D eigenvalue weighted by atomic mass is 16.5. The minimum absolute atomic E-state index is 0.123. The number of aromatic amines is 1. The molecule has 1 aliphatic rings. The Morgan fingerprint density at radius 3 is 2.85 bits per heavy atom. The van der Waals surface area contributed by atoms with Crippen molar-refractivity contribution in [3.8, 4) is 16.9 Å². The van der Waals surface area contributed by atoms with E-state index in [1.807, 2.05) is 30.5 Å². The molecule has 3 aromatic rings. The molecule has 0 amide bonds. The Labute approximate surface area is 152 Å². The number of H-pyrrole nitrogens is 1. The molecule has 2 N–H and O–H groups in total. The van der Waals surface area contributed by atoms with Crippen molar-refractivity contribution in [1.29, 1.82) is 0 Å². The molecule has 5 heteroatoms. The van der Waals surface area contributed by atoms with Crippen molar-refractivity contribution in [2.45, 2.75) is 44.6 Å². The first-order valence-electron chi connectivity index (χ1n) is 9.14. The van der Waals surface area contributed by atoms with Gasteiger partial charge in [-0.3, -0.25) is 9.89 Å². The first-order valence-corrected chi connectivity index (χ1v) is 9.14. The lowest BCUT2D eigenvalue weighted by Crippen LogP contribution is -2.11. The molecule has 0 saturated heterocycles. The van der Waals surface area contributed by atoms with Crippen molar-refractivity contribution in [1.82, 2.24) is 10.2 Å². The molecule has 4 rings (SSSR count). The maximum Gasteiger partial charge on any atom is 0.303 e. The van der Waals surface area contributed by atoms with Gasteiger partial charge in [0.05, 0.1) is 17.8 Å². The molecule has 2 aromatic carbocycles. The number of fused-ring (bicyclic) bond motifs is 1.